The molecule has 0 bridgehead atoms. The van der Waals surface area contributed by atoms with E-state index >= 15 is 0 Å². The smallest absolute Gasteiger partial charge is 0.233 e. The normalized spacial score (nSPS) is 19.7. The molecule has 2 aliphatic heterocycles. The Kier molecular flexibility index (Phi) is 6.14. The summed E-state index contributed by atoms with van der Waals surface area (Å²) in [6.07, 6.45) is 7.09. The van der Waals surface area contributed by atoms with Gasteiger partial charge in [0.1, 0.15) is 5.75 Å². The topological polar surface area (TPSA) is 51.7 Å². The predicted molar refractivity (Wildman–Crippen MR) is 112 cm³/mol. The second-order valence-electron chi connectivity index (χ2n) is 8.25. The first kappa shape index (κ1) is 19.9. The van der Waals surface area contributed by atoms with Gasteiger partial charge in [-0.2, -0.15) is 0 Å². The zero-order chi connectivity index (χ0) is 20.1. The van der Waals surface area contributed by atoms with Gasteiger partial charge in [0.25, 0.3) is 0 Å². The van der Waals surface area contributed by atoms with Gasteiger partial charge in [-0.05, 0) is 50.2 Å². The molecule has 5 nitrogen and oxygen atoms in total. The van der Waals surface area contributed by atoms with Gasteiger partial charge in [0, 0.05) is 44.3 Å². The van der Waals surface area contributed by atoms with Crippen LogP contribution in [0.4, 0.5) is 0 Å². The highest BCUT2D eigenvalue weighted by Crippen LogP contribution is 2.37. The van der Waals surface area contributed by atoms with Crippen molar-refractivity contribution in [3.8, 4) is 5.75 Å². The molecule has 0 saturated carbocycles. The summed E-state index contributed by atoms with van der Waals surface area (Å²) < 4.78 is 11.6. The maximum absolute atomic E-state index is 13.6. The van der Waals surface area contributed by atoms with Crippen LogP contribution in [0.5, 0.6) is 5.75 Å². The number of carbonyl (C=O) groups is 1. The van der Waals surface area contributed by atoms with Gasteiger partial charge in [-0.25, -0.2) is 0 Å². The molecule has 2 saturated heterocycles. The molecule has 0 atom stereocenters. The summed E-state index contributed by atoms with van der Waals surface area (Å²) in [7, 11) is 0. The van der Waals surface area contributed by atoms with Crippen LogP contribution in [0.15, 0.2) is 48.8 Å². The van der Waals surface area contributed by atoms with E-state index in [1.54, 1.807) is 6.20 Å². The van der Waals surface area contributed by atoms with Crippen molar-refractivity contribution in [1.29, 1.82) is 0 Å². The van der Waals surface area contributed by atoms with Crippen molar-refractivity contribution in [3.05, 3.63) is 59.9 Å². The third kappa shape index (κ3) is 4.30. The minimum atomic E-state index is -0.434. The Labute approximate surface area is 173 Å². The van der Waals surface area contributed by atoms with Crippen molar-refractivity contribution >= 4 is 5.91 Å². The number of rotatable bonds is 5. The molecule has 0 radical (unpaired) electrons. The van der Waals surface area contributed by atoms with E-state index in [9.17, 15) is 4.79 Å². The highest BCUT2D eigenvalue weighted by atomic mass is 16.5. The molecule has 0 unspecified atom stereocenters. The second-order valence-corrected chi connectivity index (χ2v) is 8.25. The summed E-state index contributed by atoms with van der Waals surface area (Å²) in [4.78, 5) is 19.8. The number of likely N-dealkylation sites (tertiary alicyclic amines) is 1. The summed E-state index contributed by atoms with van der Waals surface area (Å²) in [6, 6.07) is 12.2. The predicted octanol–water partition coefficient (Wildman–Crippen LogP) is 3.76. The number of nitrogens with zero attached hydrogens (tertiary/aromatic N) is 2. The lowest BCUT2D eigenvalue weighted by molar-refractivity contribution is -0.143. The maximum atomic E-state index is 13.6. The van der Waals surface area contributed by atoms with Gasteiger partial charge >= 0.3 is 0 Å². The van der Waals surface area contributed by atoms with E-state index in [-0.39, 0.29) is 5.91 Å². The molecule has 0 spiro atoms. The van der Waals surface area contributed by atoms with Crippen molar-refractivity contribution in [3.63, 3.8) is 0 Å². The number of pyridine rings is 1. The monoisotopic (exact) mass is 394 g/mol. The summed E-state index contributed by atoms with van der Waals surface area (Å²) in [6.45, 7) is 5.62. The fraction of sp³-hybridized carbons (Fsp3) is 0.500. The van der Waals surface area contributed by atoms with E-state index < -0.39 is 5.41 Å². The number of aryl methyl sites for hydroxylation is 1. The molecule has 2 aliphatic rings. The van der Waals surface area contributed by atoms with Crippen LogP contribution in [-0.4, -0.2) is 48.7 Å². The SMILES string of the molecule is Cc1cnccc1OCC1CCN(C(=O)C2(c3ccccc3)CCOCC2)CC1. The van der Waals surface area contributed by atoms with Crippen molar-refractivity contribution in [2.75, 3.05) is 32.9 Å². The Balaban J connectivity index is 1.38. The molecule has 2 aromatic rings. The molecule has 0 aliphatic carbocycles. The minimum absolute atomic E-state index is 0.274. The molecular formula is C24H30N2O3. The lowest BCUT2D eigenvalue weighted by Crippen LogP contribution is -2.52. The van der Waals surface area contributed by atoms with Gasteiger partial charge in [0.15, 0.2) is 0 Å². The number of benzene rings is 1. The molecule has 154 valence electrons. The van der Waals surface area contributed by atoms with Crippen LogP contribution in [0.25, 0.3) is 0 Å². The van der Waals surface area contributed by atoms with E-state index in [4.69, 9.17) is 9.47 Å². The molecule has 5 heteroatoms. The first-order valence-electron chi connectivity index (χ1n) is 10.6. The molecule has 2 fully saturated rings. The van der Waals surface area contributed by atoms with Crippen molar-refractivity contribution in [1.82, 2.24) is 9.88 Å². The Morgan fingerprint density at radius 3 is 2.59 bits per heavy atom. The number of amides is 1. The van der Waals surface area contributed by atoms with Crippen molar-refractivity contribution < 1.29 is 14.3 Å². The average Bonchev–Trinajstić information content (AvgIpc) is 2.79. The van der Waals surface area contributed by atoms with Crippen molar-refractivity contribution in [2.24, 2.45) is 5.92 Å². The number of aromatic nitrogens is 1. The fourth-order valence-electron chi connectivity index (χ4n) is 4.54. The summed E-state index contributed by atoms with van der Waals surface area (Å²) >= 11 is 0. The molecule has 1 aromatic carbocycles. The third-order valence-corrected chi connectivity index (χ3v) is 6.43. The molecule has 1 aromatic heterocycles. The fourth-order valence-corrected chi connectivity index (χ4v) is 4.54. The first-order chi connectivity index (χ1) is 14.2. The largest absolute Gasteiger partial charge is 0.493 e. The Morgan fingerprint density at radius 2 is 1.90 bits per heavy atom. The number of ether oxygens (including phenoxy) is 2. The average molecular weight is 395 g/mol. The van der Waals surface area contributed by atoms with Crippen LogP contribution in [0, 0.1) is 12.8 Å². The second kappa shape index (κ2) is 8.95. The summed E-state index contributed by atoms with van der Waals surface area (Å²) in [5.41, 5.74) is 1.76. The Bertz CT molecular complexity index is 810. The van der Waals surface area contributed by atoms with Gasteiger partial charge in [0.2, 0.25) is 5.91 Å². The molecule has 1 amide bonds. The van der Waals surface area contributed by atoms with Crippen LogP contribution in [0.1, 0.15) is 36.8 Å². The third-order valence-electron chi connectivity index (χ3n) is 6.43. The zero-order valence-electron chi connectivity index (χ0n) is 17.2. The molecule has 4 rings (SSSR count). The highest BCUT2D eigenvalue weighted by Gasteiger charge is 2.44. The zero-order valence-corrected chi connectivity index (χ0v) is 17.2. The van der Waals surface area contributed by atoms with Crippen LogP contribution < -0.4 is 4.74 Å². The van der Waals surface area contributed by atoms with Gasteiger partial charge in [0.05, 0.1) is 12.0 Å². The Hall–Kier alpha value is -2.40. The van der Waals surface area contributed by atoms with Crippen LogP contribution in [-0.2, 0) is 14.9 Å². The van der Waals surface area contributed by atoms with E-state index in [0.29, 0.717) is 25.7 Å². The molecular weight excluding hydrogens is 364 g/mol. The maximum Gasteiger partial charge on any atom is 0.233 e. The van der Waals surface area contributed by atoms with Crippen molar-refractivity contribution in [2.45, 2.75) is 38.0 Å². The number of carbonyl (C=O) groups excluding carboxylic acids is 1. The first-order valence-corrected chi connectivity index (χ1v) is 10.6. The quantitative estimate of drug-likeness (QED) is 0.775. The summed E-state index contributed by atoms with van der Waals surface area (Å²) in [5.74, 6) is 1.66. The summed E-state index contributed by atoms with van der Waals surface area (Å²) in [5, 5.41) is 0. The van der Waals surface area contributed by atoms with E-state index in [1.807, 2.05) is 37.4 Å². The molecule has 0 N–H and O–H groups in total. The minimum Gasteiger partial charge on any atom is -0.493 e. The standard InChI is InChI=1S/C24H30N2O3/c1-19-17-25-12-7-22(19)29-18-20-8-13-26(14-9-20)23(27)24(10-15-28-16-11-24)21-5-3-2-4-6-21/h2-7,12,17,20H,8-11,13-16,18H2,1H3. The van der Waals surface area contributed by atoms with E-state index in [1.165, 1.54) is 0 Å². The van der Waals surface area contributed by atoms with Crippen LogP contribution >= 0.6 is 0 Å². The Morgan fingerprint density at radius 1 is 1.17 bits per heavy atom. The molecule has 29 heavy (non-hydrogen) atoms. The van der Waals surface area contributed by atoms with Gasteiger partial charge in [-0.3, -0.25) is 9.78 Å². The number of piperidine rings is 1. The lowest BCUT2D eigenvalue weighted by atomic mass is 9.72. The lowest BCUT2D eigenvalue weighted by Gasteiger charge is -2.42. The van der Waals surface area contributed by atoms with Gasteiger partial charge in [-0.1, -0.05) is 30.3 Å². The number of hydrogen-bond donors (Lipinski definition) is 0. The highest BCUT2D eigenvalue weighted by molar-refractivity contribution is 5.88. The van der Waals surface area contributed by atoms with Gasteiger partial charge in [-0.15, -0.1) is 0 Å². The van der Waals surface area contributed by atoms with E-state index in [0.717, 1.165) is 55.6 Å². The molecule has 3 heterocycles. The van der Waals surface area contributed by atoms with Crippen LogP contribution in [0.2, 0.25) is 0 Å². The number of hydrogen-bond acceptors (Lipinski definition) is 4. The van der Waals surface area contributed by atoms with Gasteiger partial charge < -0.3 is 14.4 Å². The van der Waals surface area contributed by atoms with Crippen LogP contribution in [0.3, 0.4) is 0 Å². The van der Waals surface area contributed by atoms with E-state index in [2.05, 4.69) is 22.0 Å².